The van der Waals surface area contributed by atoms with E-state index in [0.717, 1.165) is 63.8 Å². The Morgan fingerprint density at radius 2 is 2.00 bits per heavy atom. The number of anilines is 2. The van der Waals surface area contributed by atoms with Crippen LogP contribution in [0.5, 0.6) is 0 Å². The molecule has 2 aliphatic heterocycles. The number of ether oxygens (including phenoxy) is 1. The predicted octanol–water partition coefficient (Wildman–Crippen LogP) is 5.74. The molecular weight excluding hydrogens is 496 g/mol. The molecule has 0 spiro atoms. The van der Waals surface area contributed by atoms with Crippen LogP contribution in [0.25, 0.3) is 21.7 Å². The smallest absolute Gasteiger partial charge is 0.258 e. The lowest BCUT2D eigenvalue weighted by atomic mass is 9.98. The highest BCUT2D eigenvalue weighted by Crippen LogP contribution is 2.41. The molecule has 0 saturated carbocycles. The van der Waals surface area contributed by atoms with E-state index in [1.165, 1.54) is 0 Å². The van der Waals surface area contributed by atoms with Crippen molar-refractivity contribution in [3.05, 3.63) is 72.4 Å². The average molecular weight is 527 g/mol. The number of benzene rings is 3. The van der Waals surface area contributed by atoms with E-state index in [4.69, 9.17) is 4.74 Å². The van der Waals surface area contributed by atoms with Crippen LogP contribution in [0.3, 0.4) is 0 Å². The average Bonchev–Trinajstić information content (AvgIpc) is 3.22. The molecule has 1 saturated heterocycles. The molecule has 1 fully saturated rings. The number of para-hydroxylation sites is 1. The summed E-state index contributed by atoms with van der Waals surface area (Å²) in [6.45, 7) is 2.81. The Hall–Kier alpha value is -3.46. The Bertz CT molecular complexity index is 1520. The topological polar surface area (TPSA) is 74.8 Å². The zero-order chi connectivity index (χ0) is 26.1. The first-order valence-corrected chi connectivity index (χ1v) is 13.9. The van der Waals surface area contributed by atoms with E-state index < -0.39 is 0 Å². The Morgan fingerprint density at radius 3 is 2.89 bits per heavy atom. The fourth-order valence-corrected chi connectivity index (χ4v) is 6.66. The predicted molar refractivity (Wildman–Crippen MR) is 153 cm³/mol. The van der Waals surface area contributed by atoms with Crippen molar-refractivity contribution in [2.75, 3.05) is 43.6 Å². The van der Waals surface area contributed by atoms with Crippen LogP contribution in [0.4, 0.5) is 11.4 Å². The second kappa shape index (κ2) is 10.7. The number of rotatable bonds is 8. The minimum absolute atomic E-state index is 0.00746. The molecule has 2 aliphatic rings. The molecule has 3 aromatic carbocycles. The lowest BCUT2D eigenvalue weighted by molar-refractivity contribution is -0.120. The standard InChI is InChI=1S/C30H30N4O3S/c1-37-18-6-17-34-25-14-13-24(22-10-3-11-23(27(22)25)30(34)36)32-29(35)21-9-5-16-33(19-21)38-26-12-2-7-20-8-4-15-31-28(20)26/h2-4,7-8,10-15,21H,5-6,9,16-19H2,1H3,(H,32,35). The summed E-state index contributed by atoms with van der Waals surface area (Å²) in [4.78, 5) is 34.1. The number of amides is 2. The Balaban J connectivity index is 1.19. The monoisotopic (exact) mass is 526 g/mol. The Kier molecular flexibility index (Phi) is 7.02. The molecule has 7 nitrogen and oxygen atoms in total. The maximum atomic E-state index is 13.5. The summed E-state index contributed by atoms with van der Waals surface area (Å²) in [5.41, 5.74) is 3.34. The molecule has 0 bridgehead atoms. The molecular formula is C30H30N4O3S. The second-order valence-electron chi connectivity index (χ2n) is 9.80. The first-order valence-electron chi connectivity index (χ1n) is 13.1. The normalized spacial score (nSPS) is 17.4. The molecule has 8 heteroatoms. The van der Waals surface area contributed by atoms with E-state index in [-0.39, 0.29) is 17.7 Å². The number of fused-ring (bicyclic) bond motifs is 1. The van der Waals surface area contributed by atoms with Gasteiger partial charge in [0.2, 0.25) is 5.91 Å². The lowest BCUT2D eigenvalue weighted by Gasteiger charge is -2.31. The van der Waals surface area contributed by atoms with Gasteiger partial charge in [0, 0.05) is 71.9 Å². The number of carbonyl (C=O) groups is 2. The summed E-state index contributed by atoms with van der Waals surface area (Å²) in [6, 6.07) is 19.9. The van der Waals surface area contributed by atoms with E-state index in [9.17, 15) is 9.59 Å². The zero-order valence-corrected chi connectivity index (χ0v) is 22.2. The summed E-state index contributed by atoms with van der Waals surface area (Å²) in [6.07, 6.45) is 4.40. The van der Waals surface area contributed by atoms with Gasteiger partial charge in [0.15, 0.2) is 0 Å². The summed E-state index contributed by atoms with van der Waals surface area (Å²) in [7, 11) is 1.67. The van der Waals surface area contributed by atoms with Crippen LogP contribution in [-0.4, -0.2) is 54.5 Å². The Labute approximate surface area is 226 Å². The third-order valence-corrected chi connectivity index (χ3v) is 8.47. The number of nitrogens with one attached hydrogen (secondary N) is 1. The van der Waals surface area contributed by atoms with Crippen molar-refractivity contribution in [3.63, 3.8) is 0 Å². The number of carbonyl (C=O) groups excluding carboxylic acids is 2. The molecule has 1 aromatic heterocycles. The highest BCUT2D eigenvalue weighted by Gasteiger charge is 2.31. The zero-order valence-electron chi connectivity index (χ0n) is 21.4. The molecule has 0 aliphatic carbocycles. The van der Waals surface area contributed by atoms with Crippen molar-refractivity contribution in [1.82, 2.24) is 9.29 Å². The molecule has 0 radical (unpaired) electrons. The van der Waals surface area contributed by atoms with E-state index in [1.807, 2.05) is 47.5 Å². The van der Waals surface area contributed by atoms with Gasteiger partial charge in [-0.05, 0) is 61.5 Å². The number of nitrogens with zero attached hydrogens (tertiary/aromatic N) is 3. The van der Waals surface area contributed by atoms with Gasteiger partial charge in [-0.3, -0.25) is 14.6 Å². The number of hydrogen-bond donors (Lipinski definition) is 1. The van der Waals surface area contributed by atoms with Crippen molar-refractivity contribution in [2.24, 2.45) is 5.92 Å². The molecule has 38 heavy (non-hydrogen) atoms. The SMILES string of the molecule is COCCCN1C(=O)c2cccc3c(NC(=O)C4CCCN(Sc5cccc6cccnc56)C4)ccc1c23. The van der Waals surface area contributed by atoms with Gasteiger partial charge in [0.05, 0.1) is 17.1 Å². The minimum Gasteiger partial charge on any atom is -0.385 e. The van der Waals surface area contributed by atoms with Gasteiger partial charge in [-0.2, -0.15) is 0 Å². The minimum atomic E-state index is -0.116. The molecule has 3 heterocycles. The molecule has 6 rings (SSSR count). The van der Waals surface area contributed by atoms with Gasteiger partial charge >= 0.3 is 0 Å². The van der Waals surface area contributed by atoms with E-state index >= 15 is 0 Å². The molecule has 1 N–H and O–H groups in total. The molecule has 1 atom stereocenters. The molecule has 194 valence electrons. The highest BCUT2D eigenvalue weighted by atomic mass is 32.2. The number of piperidine rings is 1. The van der Waals surface area contributed by atoms with Crippen LogP contribution in [-0.2, 0) is 9.53 Å². The summed E-state index contributed by atoms with van der Waals surface area (Å²) in [5, 5.41) is 6.13. The van der Waals surface area contributed by atoms with Crippen LogP contribution < -0.4 is 10.2 Å². The quantitative estimate of drug-likeness (QED) is 0.233. The second-order valence-corrected chi connectivity index (χ2v) is 10.9. The van der Waals surface area contributed by atoms with Gasteiger partial charge < -0.3 is 15.0 Å². The largest absolute Gasteiger partial charge is 0.385 e. The van der Waals surface area contributed by atoms with Crippen LogP contribution >= 0.6 is 11.9 Å². The maximum Gasteiger partial charge on any atom is 0.258 e. The summed E-state index contributed by atoms with van der Waals surface area (Å²) < 4.78 is 7.45. The van der Waals surface area contributed by atoms with Crippen LogP contribution in [0.15, 0.2) is 71.8 Å². The number of methoxy groups -OCH3 is 1. The van der Waals surface area contributed by atoms with Gasteiger partial charge in [0.25, 0.3) is 5.91 Å². The first-order chi connectivity index (χ1) is 18.6. The molecule has 2 amide bonds. The maximum absolute atomic E-state index is 13.5. The first kappa shape index (κ1) is 24.9. The van der Waals surface area contributed by atoms with Crippen molar-refractivity contribution >= 4 is 56.8 Å². The highest BCUT2D eigenvalue weighted by molar-refractivity contribution is 7.97. The van der Waals surface area contributed by atoms with Gasteiger partial charge in [0.1, 0.15) is 0 Å². The van der Waals surface area contributed by atoms with Crippen molar-refractivity contribution in [2.45, 2.75) is 24.2 Å². The fraction of sp³-hybridized carbons (Fsp3) is 0.300. The number of aromatic nitrogens is 1. The van der Waals surface area contributed by atoms with Gasteiger partial charge in [-0.25, -0.2) is 4.31 Å². The van der Waals surface area contributed by atoms with Crippen molar-refractivity contribution in [1.29, 1.82) is 0 Å². The van der Waals surface area contributed by atoms with E-state index in [1.54, 1.807) is 19.1 Å². The summed E-state index contributed by atoms with van der Waals surface area (Å²) >= 11 is 1.68. The third kappa shape index (κ3) is 4.64. The van der Waals surface area contributed by atoms with Gasteiger partial charge in [-0.1, -0.05) is 30.3 Å². The van der Waals surface area contributed by atoms with Crippen molar-refractivity contribution < 1.29 is 14.3 Å². The molecule has 4 aromatic rings. The summed E-state index contributed by atoms with van der Waals surface area (Å²) in [5.74, 6) is -0.0872. The number of hydrogen-bond acceptors (Lipinski definition) is 6. The van der Waals surface area contributed by atoms with Crippen molar-refractivity contribution in [3.8, 4) is 0 Å². The fourth-order valence-electron chi connectivity index (χ4n) is 5.51. The van der Waals surface area contributed by atoms with Crippen LogP contribution in [0.2, 0.25) is 0 Å². The lowest BCUT2D eigenvalue weighted by Crippen LogP contribution is -2.37. The third-order valence-electron chi connectivity index (χ3n) is 7.35. The van der Waals surface area contributed by atoms with E-state index in [0.29, 0.717) is 25.3 Å². The van der Waals surface area contributed by atoms with Crippen LogP contribution in [0, 0.1) is 5.92 Å². The van der Waals surface area contributed by atoms with Crippen LogP contribution in [0.1, 0.15) is 29.6 Å². The van der Waals surface area contributed by atoms with Gasteiger partial charge in [-0.15, -0.1) is 0 Å². The van der Waals surface area contributed by atoms with E-state index in [2.05, 4.69) is 38.9 Å². The Morgan fingerprint density at radius 1 is 1.13 bits per heavy atom. The molecule has 1 unspecified atom stereocenters. The number of pyridine rings is 1.